The monoisotopic (exact) mass is 451 g/mol. The minimum absolute atomic E-state index is 0.286. The van der Waals surface area contributed by atoms with Crippen molar-refractivity contribution < 1.29 is 14.3 Å². The molecule has 0 heterocycles. The molecule has 0 fully saturated rings. The third kappa shape index (κ3) is 6.69. The number of rotatable bonds is 7. The van der Waals surface area contributed by atoms with Crippen LogP contribution in [0.25, 0.3) is 0 Å². The Balaban J connectivity index is 2.03. The highest BCUT2D eigenvalue weighted by Gasteiger charge is 2.11. The fraction of sp³-hybridized carbons (Fsp3) is 0.211. The van der Waals surface area contributed by atoms with E-state index in [2.05, 4.69) is 31.8 Å². The zero-order valence-electron chi connectivity index (χ0n) is 14.7. The largest absolute Gasteiger partial charge is 0.488 e. The first-order valence-electron chi connectivity index (χ1n) is 8.28. The normalized spacial score (nSPS) is 10.6. The Labute approximate surface area is 171 Å². The number of hydrogen-bond acceptors (Lipinski definition) is 4. The summed E-state index contributed by atoms with van der Waals surface area (Å²) in [4.78, 5) is 23.2. The molecule has 0 unspecified atom stereocenters. The second kappa shape index (κ2) is 10.7. The van der Waals surface area contributed by atoms with E-state index in [0.29, 0.717) is 22.9 Å². The molecule has 27 heavy (non-hydrogen) atoms. The van der Waals surface area contributed by atoms with Gasteiger partial charge in [-0.25, -0.2) is 5.43 Å². The number of nitrogens with zero attached hydrogens (tertiary/aromatic N) is 1. The van der Waals surface area contributed by atoms with Gasteiger partial charge in [-0.3, -0.25) is 9.59 Å². The van der Waals surface area contributed by atoms with E-state index in [4.69, 9.17) is 16.3 Å². The minimum Gasteiger partial charge on any atom is -0.488 e. The van der Waals surface area contributed by atoms with Crippen LogP contribution >= 0.6 is 27.5 Å². The molecular weight excluding hydrogens is 434 g/mol. The third-order valence-electron chi connectivity index (χ3n) is 3.42. The molecule has 2 N–H and O–H groups in total. The summed E-state index contributed by atoms with van der Waals surface area (Å²) in [7, 11) is 0. The highest BCUT2D eigenvalue weighted by molar-refractivity contribution is 9.10. The summed E-state index contributed by atoms with van der Waals surface area (Å²) in [5, 5.41) is 6.93. The van der Waals surface area contributed by atoms with Crippen LogP contribution < -0.4 is 15.5 Å². The molecule has 0 aliphatic rings. The number of amides is 2. The van der Waals surface area contributed by atoms with Gasteiger partial charge in [-0.15, -0.1) is 0 Å². The van der Waals surface area contributed by atoms with Gasteiger partial charge in [-0.05, 0) is 30.7 Å². The minimum atomic E-state index is -0.826. The summed E-state index contributed by atoms with van der Waals surface area (Å²) in [6.07, 6.45) is 2.16. The average molecular weight is 453 g/mol. The topological polar surface area (TPSA) is 79.8 Å². The van der Waals surface area contributed by atoms with Gasteiger partial charge in [0.05, 0.1) is 6.21 Å². The molecule has 2 rings (SSSR count). The van der Waals surface area contributed by atoms with Crippen molar-refractivity contribution in [3.63, 3.8) is 0 Å². The maximum atomic E-state index is 11.6. The van der Waals surface area contributed by atoms with Gasteiger partial charge in [0.25, 0.3) is 0 Å². The van der Waals surface area contributed by atoms with Crippen molar-refractivity contribution in [1.29, 1.82) is 0 Å². The SMILES string of the molecule is CCCNC(=O)C(=O)N/N=C\c1cc(Br)ccc1OCc1ccccc1Cl. The van der Waals surface area contributed by atoms with Gasteiger partial charge < -0.3 is 10.1 Å². The summed E-state index contributed by atoms with van der Waals surface area (Å²) in [5.41, 5.74) is 3.68. The zero-order valence-corrected chi connectivity index (χ0v) is 17.0. The quantitative estimate of drug-likeness (QED) is 0.382. The van der Waals surface area contributed by atoms with Crippen molar-refractivity contribution in [3.8, 4) is 5.75 Å². The predicted molar refractivity (Wildman–Crippen MR) is 109 cm³/mol. The second-order valence-electron chi connectivity index (χ2n) is 5.52. The fourth-order valence-electron chi connectivity index (χ4n) is 2.05. The zero-order chi connectivity index (χ0) is 19.6. The van der Waals surface area contributed by atoms with Crippen molar-refractivity contribution in [2.24, 2.45) is 5.10 Å². The van der Waals surface area contributed by atoms with E-state index in [-0.39, 0.29) is 6.61 Å². The van der Waals surface area contributed by atoms with E-state index in [0.717, 1.165) is 16.5 Å². The third-order valence-corrected chi connectivity index (χ3v) is 4.29. The Morgan fingerprint density at radius 3 is 2.74 bits per heavy atom. The van der Waals surface area contributed by atoms with E-state index >= 15 is 0 Å². The number of hydrazone groups is 1. The number of ether oxygens (including phenoxy) is 1. The number of carbonyl (C=O) groups is 2. The molecule has 8 heteroatoms. The maximum Gasteiger partial charge on any atom is 0.329 e. The van der Waals surface area contributed by atoms with Gasteiger partial charge in [-0.1, -0.05) is 52.7 Å². The molecule has 0 radical (unpaired) electrons. The lowest BCUT2D eigenvalue weighted by atomic mass is 10.2. The molecule has 0 spiro atoms. The molecule has 6 nitrogen and oxygen atoms in total. The first kappa shape index (κ1) is 20.9. The van der Waals surface area contributed by atoms with Crippen molar-refractivity contribution in [1.82, 2.24) is 10.7 Å². The van der Waals surface area contributed by atoms with Crippen LogP contribution in [-0.4, -0.2) is 24.6 Å². The lowest BCUT2D eigenvalue weighted by Gasteiger charge is -2.10. The van der Waals surface area contributed by atoms with Gasteiger partial charge in [0.15, 0.2) is 0 Å². The molecule has 2 aromatic carbocycles. The smallest absolute Gasteiger partial charge is 0.329 e. The van der Waals surface area contributed by atoms with Crippen LogP contribution in [-0.2, 0) is 16.2 Å². The average Bonchev–Trinajstić information content (AvgIpc) is 2.66. The van der Waals surface area contributed by atoms with Gasteiger partial charge in [0.2, 0.25) is 0 Å². The standard InChI is InChI=1S/C19H19BrClN3O3/c1-2-9-22-18(25)19(26)24-23-11-14-10-15(20)7-8-17(14)27-12-13-5-3-4-6-16(13)21/h3-8,10-11H,2,9,12H2,1H3,(H,22,25)(H,24,26)/b23-11-. The molecule has 0 saturated carbocycles. The molecular formula is C19H19BrClN3O3. The molecule has 0 saturated heterocycles. The first-order chi connectivity index (χ1) is 13.0. The van der Waals surface area contributed by atoms with Gasteiger partial charge in [0, 0.05) is 27.2 Å². The van der Waals surface area contributed by atoms with Crippen LogP contribution in [0, 0.1) is 0 Å². The lowest BCUT2D eigenvalue weighted by molar-refractivity contribution is -0.139. The Hall–Kier alpha value is -2.38. The van der Waals surface area contributed by atoms with Crippen LogP contribution in [0.2, 0.25) is 5.02 Å². The molecule has 2 aromatic rings. The Morgan fingerprint density at radius 2 is 2.00 bits per heavy atom. The molecule has 142 valence electrons. The summed E-state index contributed by atoms with van der Waals surface area (Å²) >= 11 is 9.53. The van der Waals surface area contributed by atoms with Gasteiger partial charge in [-0.2, -0.15) is 5.10 Å². The highest BCUT2D eigenvalue weighted by Crippen LogP contribution is 2.24. The van der Waals surface area contributed by atoms with Crippen LogP contribution in [0.5, 0.6) is 5.75 Å². The maximum absolute atomic E-state index is 11.6. The second-order valence-corrected chi connectivity index (χ2v) is 6.84. The first-order valence-corrected chi connectivity index (χ1v) is 9.45. The molecule has 0 aliphatic heterocycles. The molecule has 0 aromatic heterocycles. The predicted octanol–water partition coefficient (Wildman–Crippen LogP) is 3.66. The van der Waals surface area contributed by atoms with E-state index in [9.17, 15) is 9.59 Å². The number of benzene rings is 2. The van der Waals surface area contributed by atoms with Crippen LogP contribution in [0.1, 0.15) is 24.5 Å². The van der Waals surface area contributed by atoms with E-state index in [1.54, 1.807) is 18.2 Å². The summed E-state index contributed by atoms with van der Waals surface area (Å²) in [5.74, 6) is -0.988. The Morgan fingerprint density at radius 1 is 1.22 bits per heavy atom. The number of halogens is 2. The number of carbonyl (C=O) groups excluding carboxylic acids is 2. The summed E-state index contributed by atoms with van der Waals surface area (Å²) < 4.78 is 6.65. The number of nitrogens with one attached hydrogen (secondary N) is 2. The van der Waals surface area contributed by atoms with Crippen molar-refractivity contribution in [2.45, 2.75) is 20.0 Å². The summed E-state index contributed by atoms with van der Waals surface area (Å²) in [6, 6.07) is 12.8. The molecule has 0 bridgehead atoms. The highest BCUT2D eigenvalue weighted by atomic mass is 79.9. The molecule has 2 amide bonds. The van der Waals surface area contributed by atoms with Crippen LogP contribution in [0.4, 0.5) is 0 Å². The van der Waals surface area contributed by atoms with E-state index < -0.39 is 11.8 Å². The molecule has 0 aliphatic carbocycles. The number of hydrogen-bond donors (Lipinski definition) is 2. The Kier molecular flexibility index (Phi) is 8.29. The van der Waals surface area contributed by atoms with Gasteiger partial charge in [0.1, 0.15) is 12.4 Å². The fourth-order valence-corrected chi connectivity index (χ4v) is 2.62. The summed E-state index contributed by atoms with van der Waals surface area (Å²) in [6.45, 7) is 2.61. The van der Waals surface area contributed by atoms with E-state index in [1.807, 2.05) is 31.2 Å². The van der Waals surface area contributed by atoms with Crippen molar-refractivity contribution in [3.05, 3.63) is 63.1 Å². The van der Waals surface area contributed by atoms with Crippen LogP contribution in [0.3, 0.4) is 0 Å². The Bertz CT molecular complexity index is 843. The van der Waals surface area contributed by atoms with Crippen molar-refractivity contribution in [2.75, 3.05) is 6.54 Å². The van der Waals surface area contributed by atoms with Crippen LogP contribution in [0.15, 0.2) is 52.0 Å². The lowest BCUT2D eigenvalue weighted by Crippen LogP contribution is -2.38. The van der Waals surface area contributed by atoms with Crippen molar-refractivity contribution >= 4 is 45.6 Å². The van der Waals surface area contributed by atoms with E-state index in [1.165, 1.54) is 6.21 Å². The molecule has 0 atom stereocenters. The van der Waals surface area contributed by atoms with Gasteiger partial charge >= 0.3 is 11.8 Å².